The number of benzene rings is 3. The number of carbonyl (C=O) groups excluding carboxylic acids is 2. The highest BCUT2D eigenvalue weighted by Crippen LogP contribution is 2.19. The summed E-state index contributed by atoms with van der Waals surface area (Å²) in [5.74, 6) is -0.280. The highest BCUT2D eigenvalue weighted by atomic mass is 16.5. The van der Waals surface area contributed by atoms with Crippen molar-refractivity contribution in [1.82, 2.24) is 10.2 Å². The van der Waals surface area contributed by atoms with E-state index in [0.29, 0.717) is 16.9 Å². The van der Waals surface area contributed by atoms with Crippen LogP contribution in [0.3, 0.4) is 0 Å². The predicted octanol–water partition coefficient (Wildman–Crippen LogP) is 4.11. The van der Waals surface area contributed by atoms with Crippen LogP contribution in [0, 0.1) is 0 Å². The average molecular weight is 429 g/mol. The lowest BCUT2D eigenvalue weighted by atomic mass is 10.1. The van der Waals surface area contributed by atoms with E-state index in [4.69, 9.17) is 13.9 Å². The molecule has 4 rings (SSSR count). The molecule has 0 aliphatic carbocycles. The van der Waals surface area contributed by atoms with Gasteiger partial charge in [-0.3, -0.25) is 10.1 Å². The minimum atomic E-state index is -0.636. The van der Waals surface area contributed by atoms with E-state index in [1.54, 1.807) is 36.4 Å². The van der Waals surface area contributed by atoms with Crippen molar-refractivity contribution in [3.8, 4) is 17.2 Å². The molecule has 1 amide bonds. The molecule has 0 aliphatic rings. The first kappa shape index (κ1) is 20.8. The molecule has 8 nitrogen and oxygen atoms in total. The van der Waals surface area contributed by atoms with Gasteiger partial charge in [0.25, 0.3) is 5.91 Å². The van der Waals surface area contributed by atoms with Gasteiger partial charge in [-0.1, -0.05) is 59.7 Å². The number of esters is 1. The molecule has 0 aliphatic heterocycles. The molecule has 0 unspecified atom stereocenters. The molecule has 0 fully saturated rings. The zero-order valence-corrected chi connectivity index (χ0v) is 16.9. The van der Waals surface area contributed by atoms with Gasteiger partial charge in [0.1, 0.15) is 12.4 Å². The highest BCUT2D eigenvalue weighted by molar-refractivity contribution is 5.95. The molecule has 3 aromatic carbocycles. The van der Waals surface area contributed by atoms with E-state index in [1.165, 1.54) is 0 Å². The molecule has 0 atom stereocenters. The molecule has 8 heteroatoms. The topological polar surface area (TPSA) is 104 Å². The fraction of sp³-hybridized carbons (Fsp3) is 0.0833. The molecular formula is C24H19N3O5. The van der Waals surface area contributed by atoms with Gasteiger partial charge in [0, 0.05) is 11.1 Å². The number of hydrogen-bond acceptors (Lipinski definition) is 7. The largest absolute Gasteiger partial charge is 0.489 e. The maximum Gasteiger partial charge on any atom is 0.339 e. The quantitative estimate of drug-likeness (QED) is 0.420. The SMILES string of the molecule is O=C(COC(=O)c1ccccc1COc1ccccc1)Nc1nnc(-c2ccccc2)o1. The van der Waals surface area contributed by atoms with Crippen molar-refractivity contribution in [3.63, 3.8) is 0 Å². The first-order valence-corrected chi connectivity index (χ1v) is 9.81. The Hall–Kier alpha value is -4.46. The van der Waals surface area contributed by atoms with Gasteiger partial charge in [-0.15, -0.1) is 5.10 Å². The summed E-state index contributed by atoms with van der Waals surface area (Å²) >= 11 is 0. The Kier molecular flexibility index (Phi) is 6.52. The summed E-state index contributed by atoms with van der Waals surface area (Å²) in [6.07, 6.45) is 0. The van der Waals surface area contributed by atoms with Crippen LogP contribution in [-0.4, -0.2) is 28.7 Å². The zero-order valence-electron chi connectivity index (χ0n) is 16.9. The van der Waals surface area contributed by atoms with E-state index in [0.717, 1.165) is 5.56 Å². The molecule has 4 aromatic rings. The van der Waals surface area contributed by atoms with Crippen molar-refractivity contribution < 1.29 is 23.5 Å². The number of carbonyl (C=O) groups is 2. The van der Waals surface area contributed by atoms with Crippen LogP contribution in [0.2, 0.25) is 0 Å². The van der Waals surface area contributed by atoms with Crippen LogP contribution in [0.1, 0.15) is 15.9 Å². The van der Waals surface area contributed by atoms with E-state index < -0.39 is 18.5 Å². The Balaban J connectivity index is 1.32. The van der Waals surface area contributed by atoms with Crippen molar-refractivity contribution >= 4 is 17.9 Å². The maximum atomic E-state index is 12.5. The minimum Gasteiger partial charge on any atom is -0.489 e. The fourth-order valence-electron chi connectivity index (χ4n) is 2.86. The summed E-state index contributed by atoms with van der Waals surface area (Å²) in [5.41, 5.74) is 1.69. The second kappa shape index (κ2) is 10.0. The van der Waals surface area contributed by atoms with Crippen LogP contribution in [0.15, 0.2) is 89.3 Å². The van der Waals surface area contributed by atoms with Crippen molar-refractivity contribution in [2.75, 3.05) is 11.9 Å². The first-order chi connectivity index (χ1) is 15.7. The number of nitrogens with zero attached hydrogens (tertiary/aromatic N) is 2. The van der Waals surface area contributed by atoms with E-state index >= 15 is 0 Å². The molecule has 0 bridgehead atoms. The van der Waals surface area contributed by atoms with Crippen molar-refractivity contribution in [2.45, 2.75) is 6.61 Å². The van der Waals surface area contributed by atoms with Crippen molar-refractivity contribution in [1.29, 1.82) is 0 Å². The van der Waals surface area contributed by atoms with E-state index in [9.17, 15) is 9.59 Å². The smallest absolute Gasteiger partial charge is 0.339 e. The van der Waals surface area contributed by atoms with Crippen LogP contribution >= 0.6 is 0 Å². The van der Waals surface area contributed by atoms with E-state index in [2.05, 4.69) is 15.5 Å². The normalized spacial score (nSPS) is 10.4. The number of anilines is 1. The standard InChI is InChI=1S/C24H19N3O5/c28-21(25-24-27-26-22(32-24)17-9-3-1-4-10-17)16-31-23(29)20-14-8-7-11-18(20)15-30-19-12-5-2-6-13-19/h1-14H,15-16H2,(H,25,27,28). The molecule has 0 spiro atoms. The number of ether oxygens (including phenoxy) is 2. The third kappa shape index (κ3) is 5.37. The summed E-state index contributed by atoms with van der Waals surface area (Å²) in [7, 11) is 0. The highest BCUT2D eigenvalue weighted by Gasteiger charge is 2.16. The van der Waals surface area contributed by atoms with Crippen LogP contribution < -0.4 is 10.1 Å². The van der Waals surface area contributed by atoms with E-state index in [1.807, 2.05) is 48.5 Å². The molecule has 0 radical (unpaired) electrons. The Morgan fingerprint density at radius 3 is 2.31 bits per heavy atom. The van der Waals surface area contributed by atoms with Gasteiger partial charge >= 0.3 is 12.0 Å². The molecule has 1 aromatic heterocycles. The van der Waals surface area contributed by atoms with Gasteiger partial charge in [0.15, 0.2) is 6.61 Å². The molecule has 0 saturated carbocycles. The summed E-state index contributed by atoms with van der Waals surface area (Å²) in [4.78, 5) is 24.7. The van der Waals surface area contributed by atoms with Gasteiger partial charge in [0.2, 0.25) is 5.89 Å². The Morgan fingerprint density at radius 1 is 0.844 bits per heavy atom. The summed E-state index contributed by atoms with van der Waals surface area (Å²) in [5, 5.41) is 10.1. The number of para-hydroxylation sites is 1. The van der Waals surface area contributed by atoms with Crippen molar-refractivity contribution in [3.05, 3.63) is 96.1 Å². The molecule has 0 saturated heterocycles. The van der Waals surface area contributed by atoms with Gasteiger partial charge in [0.05, 0.1) is 5.56 Å². The lowest BCUT2D eigenvalue weighted by Crippen LogP contribution is -2.21. The van der Waals surface area contributed by atoms with Gasteiger partial charge in [-0.25, -0.2) is 4.79 Å². The lowest BCUT2D eigenvalue weighted by Gasteiger charge is -2.10. The number of aromatic nitrogens is 2. The lowest BCUT2D eigenvalue weighted by molar-refractivity contribution is -0.119. The Labute approximate surface area is 183 Å². The third-order valence-corrected chi connectivity index (χ3v) is 4.40. The maximum absolute atomic E-state index is 12.5. The summed E-state index contributed by atoms with van der Waals surface area (Å²) in [6, 6.07) is 25.2. The van der Waals surface area contributed by atoms with Crippen LogP contribution in [-0.2, 0) is 16.1 Å². The zero-order chi connectivity index (χ0) is 22.2. The van der Waals surface area contributed by atoms with Crippen LogP contribution in [0.5, 0.6) is 5.75 Å². The van der Waals surface area contributed by atoms with Crippen LogP contribution in [0.4, 0.5) is 6.01 Å². The third-order valence-electron chi connectivity index (χ3n) is 4.40. The van der Waals surface area contributed by atoms with Gasteiger partial charge < -0.3 is 13.9 Å². The second-order valence-corrected chi connectivity index (χ2v) is 6.66. The van der Waals surface area contributed by atoms with Gasteiger partial charge in [-0.2, -0.15) is 0 Å². The number of amides is 1. The molecule has 160 valence electrons. The van der Waals surface area contributed by atoms with Crippen molar-refractivity contribution in [2.24, 2.45) is 0 Å². The number of nitrogens with one attached hydrogen (secondary N) is 1. The monoisotopic (exact) mass is 429 g/mol. The molecule has 1 N–H and O–H groups in total. The second-order valence-electron chi connectivity index (χ2n) is 6.66. The molecule has 1 heterocycles. The summed E-state index contributed by atoms with van der Waals surface area (Å²) in [6.45, 7) is -0.318. The minimum absolute atomic E-state index is 0.0819. The molecule has 32 heavy (non-hydrogen) atoms. The predicted molar refractivity (Wildman–Crippen MR) is 116 cm³/mol. The first-order valence-electron chi connectivity index (χ1n) is 9.81. The molecular weight excluding hydrogens is 410 g/mol. The fourth-order valence-corrected chi connectivity index (χ4v) is 2.86. The number of rotatable bonds is 8. The summed E-state index contributed by atoms with van der Waals surface area (Å²) < 4.78 is 16.3. The average Bonchev–Trinajstić information content (AvgIpc) is 3.31. The van der Waals surface area contributed by atoms with Crippen LogP contribution in [0.25, 0.3) is 11.5 Å². The van der Waals surface area contributed by atoms with E-state index in [-0.39, 0.29) is 18.5 Å². The Morgan fingerprint density at radius 2 is 1.53 bits per heavy atom. The number of hydrogen-bond donors (Lipinski definition) is 1. The van der Waals surface area contributed by atoms with Gasteiger partial charge in [-0.05, 0) is 30.3 Å². The Bertz CT molecular complexity index is 1190.